The molecule has 0 bridgehead atoms. The summed E-state index contributed by atoms with van der Waals surface area (Å²) in [6, 6.07) is 6.62. The lowest BCUT2D eigenvalue weighted by molar-refractivity contribution is 0.581. The molecule has 3 rings (SSSR count). The van der Waals surface area contributed by atoms with Gasteiger partial charge in [0.25, 0.3) is 0 Å². The molecule has 4 heteroatoms. The predicted octanol–water partition coefficient (Wildman–Crippen LogP) is 3.13. The summed E-state index contributed by atoms with van der Waals surface area (Å²) in [5, 5.41) is 8.78. The average Bonchev–Trinajstić information content (AvgIpc) is 2.77. The summed E-state index contributed by atoms with van der Waals surface area (Å²) in [5.74, 6) is 0.627. The normalized spacial score (nSPS) is 13.8. The molecule has 1 aliphatic carbocycles. The van der Waals surface area contributed by atoms with Crippen LogP contribution < -0.4 is 0 Å². The van der Waals surface area contributed by atoms with Crippen molar-refractivity contribution in [3.05, 3.63) is 52.4 Å². The zero-order chi connectivity index (χ0) is 14.1. The Bertz CT molecular complexity index is 694. The molecule has 0 unspecified atom stereocenters. The molecule has 1 aromatic carbocycles. The van der Waals surface area contributed by atoms with Gasteiger partial charge in [-0.1, -0.05) is 6.07 Å². The SMILES string of the molecule is Cc1nc2c(n1Cc1ccc(C#N)cc1F)CCCC2. The van der Waals surface area contributed by atoms with E-state index in [1.807, 2.05) is 13.0 Å². The van der Waals surface area contributed by atoms with Gasteiger partial charge in [0.1, 0.15) is 11.6 Å². The number of aromatic nitrogens is 2. The van der Waals surface area contributed by atoms with Crippen LogP contribution in [0.4, 0.5) is 4.39 Å². The van der Waals surface area contributed by atoms with Gasteiger partial charge >= 0.3 is 0 Å². The Morgan fingerprint density at radius 2 is 2.15 bits per heavy atom. The highest BCUT2D eigenvalue weighted by Gasteiger charge is 2.18. The third-order valence-electron chi connectivity index (χ3n) is 3.93. The fourth-order valence-electron chi connectivity index (χ4n) is 2.86. The first-order chi connectivity index (χ1) is 9.69. The number of hydrogen-bond acceptors (Lipinski definition) is 2. The highest BCUT2D eigenvalue weighted by molar-refractivity contribution is 5.33. The second-order valence-electron chi connectivity index (χ2n) is 5.26. The van der Waals surface area contributed by atoms with Gasteiger partial charge in [0, 0.05) is 11.3 Å². The van der Waals surface area contributed by atoms with Gasteiger partial charge in [0.2, 0.25) is 0 Å². The monoisotopic (exact) mass is 269 g/mol. The standard InChI is InChI=1S/C16H16FN3/c1-11-19-15-4-2-3-5-16(15)20(11)10-13-7-6-12(9-18)8-14(13)17/h6-8H,2-5,10H2,1H3. The number of rotatable bonds is 2. The zero-order valence-electron chi connectivity index (χ0n) is 11.5. The second kappa shape index (κ2) is 5.09. The van der Waals surface area contributed by atoms with Gasteiger partial charge in [-0.2, -0.15) is 5.26 Å². The number of aryl methyl sites for hydroxylation is 2. The van der Waals surface area contributed by atoms with Gasteiger partial charge < -0.3 is 4.57 Å². The Morgan fingerprint density at radius 1 is 1.35 bits per heavy atom. The number of halogens is 1. The molecule has 1 heterocycles. The summed E-state index contributed by atoms with van der Waals surface area (Å²) in [4.78, 5) is 4.60. The number of fused-ring (bicyclic) bond motifs is 1. The van der Waals surface area contributed by atoms with Crippen LogP contribution in [0, 0.1) is 24.1 Å². The number of nitriles is 1. The van der Waals surface area contributed by atoms with Crippen LogP contribution in [0.1, 0.15) is 41.2 Å². The van der Waals surface area contributed by atoms with E-state index >= 15 is 0 Å². The Balaban J connectivity index is 1.96. The van der Waals surface area contributed by atoms with Gasteiger partial charge in [0.05, 0.1) is 23.9 Å². The second-order valence-corrected chi connectivity index (χ2v) is 5.26. The fraction of sp³-hybridized carbons (Fsp3) is 0.375. The zero-order valence-corrected chi connectivity index (χ0v) is 11.5. The maximum atomic E-state index is 14.0. The minimum absolute atomic E-state index is 0.318. The van der Waals surface area contributed by atoms with Crippen molar-refractivity contribution in [3.8, 4) is 6.07 Å². The minimum atomic E-state index is -0.318. The third-order valence-corrected chi connectivity index (χ3v) is 3.93. The Kier molecular flexibility index (Phi) is 3.27. The number of hydrogen-bond donors (Lipinski definition) is 0. The van der Waals surface area contributed by atoms with Gasteiger partial charge in [-0.05, 0) is 44.7 Å². The van der Waals surface area contributed by atoms with E-state index in [0.29, 0.717) is 17.7 Å². The summed E-state index contributed by atoms with van der Waals surface area (Å²) in [7, 11) is 0. The fourth-order valence-corrected chi connectivity index (χ4v) is 2.86. The molecule has 1 aromatic heterocycles. The molecule has 0 saturated carbocycles. The highest BCUT2D eigenvalue weighted by atomic mass is 19.1. The van der Waals surface area contributed by atoms with E-state index in [-0.39, 0.29) is 5.82 Å². The van der Waals surface area contributed by atoms with Crippen LogP contribution in [-0.4, -0.2) is 9.55 Å². The average molecular weight is 269 g/mol. The lowest BCUT2D eigenvalue weighted by atomic mass is 10.0. The van der Waals surface area contributed by atoms with E-state index in [0.717, 1.165) is 18.7 Å². The molecule has 0 amide bonds. The topological polar surface area (TPSA) is 41.6 Å². The van der Waals surface area contributed by atoms with Crippen LogP contribution in [0.3, 0.4) is 0 Å². The summed E-state index contributed by atoms with van der Waals surface area (Å²) < 4.78 is 16.1. The van der Waals surface area contributed by atoms with E-state index < -0.39 is 0 Å². The Morgan fingerprint density at radius 3 is 2.90 bits per heavy atom. The lowest BCUT2D eigenvalue weighted by Crippen LogP contribution is -2.11. The minimum Gasteiger partial charge on any atom is -0.327 e. The van der Waals surface area contributed by atoms with Crippen molar-refractivity contribution < 1.29 is 4.39 Å². The van der Waals surface area contributed by atoms with Gasteiger partial charge in [0.15, 0.2) is 0 Å². The van der Waals surface area contributed by atoms with Crippen molar-refractivity contribution in [2.75, 3.05) is 0 Å². The van der Waals surface area contributed by atoms with Gasteiger partial charge in [-0.15, -0.1) is 0 Å². The molecule has 3 nitrogen and oxygen atoms in total. The van der Waals surface area contributed by atoms with Crippen molar-refractivity contribution in [1.82, 2.24) is 9.55 Å². The van der Waals surface area contributed by atoms with Gasteiger partial charge in [-0.3, -0.25) is 0 Å². The van der Waals surface area contributed by atoms with Crippen LogP contribution in [0.2, 0.25) is 0 Å². The maximum absolute atomic E-state index is 14.0. The van der Waals surface area contributed by atoms with Crippen LogP contribution in [-0.2, 0) is 19.4 Å². The van der Waals surface area contributed by atoms with E-state index in [1.165, 1.54) is 30.3 Å². The van der Waals surface area contributed by atoms with Crippen LogP contribution in [0.15, 0.2) is 18.2 Å². The number of benzene rings is 1. The van der Waals surface area contributed by atoms with Crippen LogP contribution in [0.5, 0.6) is 0 Å². The first-order valence-corrected chi connectivity index (χ1v) is 6.92. The molecule has 2 aromatic rings. The molecule has 0 saturated heterocycles. The largest absolute Gasteiger partial charge is 0.327 e. The lowest BCUT2D eigenvalue weighted by Gasteiger charge is -2.15. The quantitative estimate of drug-likeness (QED) is 0.840. The molecule has 102 valence electrons. The van der Waals surface area contributed by atoms with E-state index in [9.17, 15) is 4.39 Å². The summed E-state index contributed by atoms with van der Waals surface area (Å²) in [6.45, 7) is 2.46. The van der Waals surface area contributed by atoms with Gasteiger partial charge in [-0.25, -0.2) is 9.37 Å². The molecular weight excluding hydrogens is 253 g/mol. The van der Waals surface area contributed by atoms with E-state index in [1.54, 1.807) is 12.1 Å². The molecule has 1 aliphatic rings. The number of nitrogens with zero attached hydrogens (tertiary/aromatic N) is 3. The molecular formula is C16H16FN3. The van der Waals surface area contributed by atoms with Crippen molar-refractivity contribution in [2.24, 2.45) is 0 Å². The molecule has 0 radical (unpaired) electrons. The molecule has 0 N–H and O–H groups in total. The molecule has 0 aliphatic heterocycles. The summed E-state index contributed by atoms with van der Waals surface area (Å²) >= 11 is 0. The van der Waals surface area contributed by atoms with Crippen LogP contribution in [0.25, 0.3) is 0 Å². The van der Waals surface area contributed by atoms with Crippen molar-refractivity contribution >= 4 is 0 Å². The Hall–Kier alpha value is -2.15. The molecule has 0 fully saturated rings. The van der Waals surface area contributed by atoms with Crippen molar-refractivity contribution in [2.45, 2.75) is 39.2 Å². The predicted molar refractivity (Wildman–Crippen MR) is 73.8 cm³/mol. The van der Waals surface area contributed by atoms with E-state index in [4.69, 9.17) is 5.26 Å². The van der Waals surface area contributed by atoms with Crippen molar-refractivity contribution in [1.29, 1.82) is 5.26 Å². The highest BCUT2D eigenvalue weighted by Crippen LogP contribution is 2.23. The first-order valence-electron chi connectivity index (χ1n) is 6.92. The van der Waals surface area contributed by atoms with Crippen molar-refractivity contribution in [3.63, 3.8) is 0 Å². The summed E-state index contributed by atoms with van der Waals surface area (Å²) in [6.07, 6.45) is 4.41. The number of imidazole rings is 1. The molecule has 0 spiro atoms. The Labute approximate surface area is 117 Å². The van der Waals surface area contributed by atoms with Crippen LogP contribution >= 0.6 is 0 Å². The molecule has 0 atom stereocenters. The van der Waals surface area contributed by atoms with E-state index in [2.05, 4.69) is 9.55 Å². The summed E-state index contributed by atoms with van der Waals surface area (Å²) in [5.41, 5.74) is 3.38. The first kappa shape index (κ1) is 12.9. The molecule has 20 heavy (non-hydrogen) atoms. The third kappa shape index (κ3) is 2.20. The smallest absolute Gasteiger partial charge is 0.129 e. The maximum Gasteiger partial charge on any atom is 0.129 e.